The number of hydrogen-bond acceptors (Lipinski definition) is 5. The van der Waals surface area contributed by atoms with Crippen LogP contribution < -0.4 is 20.1 Å². The highest BCUT2D eigenvalue weighted by Gasteiger charge is 2.28. The normalized spacial score (nSPS) is 15.4. The summed E-state index contributed by atoms with van der Waals surface area (Å²) in [6, 6.07) is 6.08. The first-order chi connectivity index (χ1) is 13.5. The monoisotopic (exact) mass is 520 g/mol. The van der Waals surface area contributed by atoms with E-state index in [1.807, 2.05) is 19.2 Å². The summed E-state index contributed by atoms with van der Waals surface area (Å²) in [5, 5.41) is 6.86. The number of hydrogen-bond donors (Lipinski definition) is 2. The maximum absolute atomic E-state index is 5.46. The smallest absolute Gasteiger partial charge is 0.191 e. The molecule has 0 unspecified atom stereocenters. The van der Waals surface area contributed by atoms with E-state index in [0.717, 1.165) is 69.7 Å². The van der Waals surface area contributed by atoms with Crippen molar-refractivity contribution in [2.45, 2.75) is 32.2 Å². The molecule has 7 nitrogen and oxygen atoms in total. The van der Waals surface area contributed by atoms with Crippen LogP contribution in [-0.2, 0) is 11.2 Å². The number of halogens is 1. The highest BCUT2D eigenvalue weighted by molar-refractivity contribution is 14.0. The van der Waals surface area contributed by atoms with Crippen LogP contribution in [0.25, 0.3) is 0 Å². The maximum Gasteiger partial charge on any atom is 0.191 e. The lowest BCUT2D eigenvalue weighted by Gasteiger charge is -2.41. The average molecular weight is 520 g/mol. The Hall–Kier alpha value is -1.26. The third kappa shape index (κ3) is 8.18. The van der Waals surface area contributed by atoms with Gasteiger partial charge < -0.3 is 24.8 Å². The second-order valence-electron chi connectivity index (χ2n) is 7.56. The molecule has 8 heteroatoms. The van der Waals surface area contributed by atoms with Gasteiger partial charge in [-0.3, -0.25) is 9.89 Å². The number of rotatable bonds is 9. The molecule has 29 heavy (non-hydrogen) atoms. The molecule has 166 valence electrons. The summed E-state index contributed by atoms with van der Waals surface area (Å²) in [6.45, 7) is 9.79. The van der Waals surface area contributed by atoms with E-state index in [2.05, 4.69) is 40.4 Å². The third-order valence-corrected chi connectivity index (χ3v) is 5.16. The molecule has 1 aliphatic rings. The van der Waals surface area contributed by atoms with Crippen LogP contribution in [0, 0.1) is 0 Å². The zero-order valence-electron chi connectivity index (χ0n) is 18.4. The van der Waals surface area contributed by atoms with Crippen molar-refractivity contribution in [1.29, 1.82) is 0 Å². The predicted molar refractivity (Wildman–Crippen MR) is 129 cm³/mol. The van der Waals surface area contributed by atoms with E-state index in [0.29, 0.717) is 0 Å². The predicted octanol–water partition coefficient (Wildman–Crippen LogP) is 2.53. The van der Waals surface area contributed by atoms with Crippen molar-refractivity contribution in [3.8, 4) is 11.5 Å². The second-order valence-corrected chi connectivity index (χ2v) is 7.56. The fourth-order valence-electron chi connectivity index (χ4n) is 3.34. The number of methoxy groups -OCH3 is 2. The van der Waals surface area contributed by atoms with Crippen LogP contribution in [0.3, 0.4) is 0 Å². The minimum atomic E-state index is 0. The first-order valence-electron chi connectivity index (χ1n) is 9.98. The van der Waals surface area contributed by atoms with Crippen LogP contribution in [0.5, 0.6) is 11.5 Å². The summed E-state index contributed by atoms with van der Waals surface area (Å²) in [5.41, 5.74) is 1.29. The number of nitrogens with one attached hydrogen (secondary N) is 2. The molecule has 1 aromatic rings. The molecule has 0 spiro atoms. The number of aryl methyl sites for hydroxylation is 1. The van der Waals surface area contributed by atoms with Gasteiger partial charge in [0.25, 0.3) is 0 Å². The molecule has 1 aliphatic heterocycles. The van der Waals surface area contributed by atoms with E-state index in [4.69, 9.17) is 14.2 Å². The van der Waals surface area contributed by atoms with Crippen LogP contribution in [-0.4, -0.2) is 77.1 Å². The molecule has 1 saturated heterocycles. The fourth-order valence-corrected chi connectivity index (χ4v) is 3.34. The fraction of sp³-hybridized carbons (Fsp3) is 0.667. The van der Waals surface area contributed by atoms with Gasteiger partial charge in [0.1, 0.15) is 0 Å². The molecule has 0 saturated carbocycles. The molecule has 2 rings (SSSR count). The van der Waals surface area contributed by atoms with Crippen molar-refractivity contribution < 1.29 is 14.2 Å². The lowest BCUT2D eigenvalue weighted by Crippen LogP contribution is -2.56. The summed E-state index contributed by atoms with van der Waals surface area (Å²) in [7, 11) is 5.13. The standard InChI is InChI=1S/C21H36N4O3.HI/c1-21(2,25-11-13-28-14-12-25)16-24-20(22-3)23-10-6-7-17-8-9-18(26-4)19(15-17)27-5;/h8-9,15H,6-7,10-14,16H2,1-5H3,(H2,22,23,24);1H. The lowest BCUT2D eigenvalue weighted by molar-refractivity contribution is -0.00833. The van der Waals surface area contributed by atoms with Gasteiger partial charge in [-0.15, -0.1) is 24.0 Å². The number of benzene rings is 1. The van der Waals surface area contributed by atoms with Crippen molar-refractivity contribution >= 4 is 29.9 Å². The lowest BCUT2D eigenvalue weighted by atomic mass is 10.0. The molecule has 1 fully saturated rings. The van der Waals surface area contributed by atoms with Crippen molar-refractivity contribution in [3.63, 3.8) is 0 Å². The summed E-state index contributed by atoms with van der Waals surface area (Å²) in [6.07, 6.45) is 1.96. The summed E-state index contributed by atoms with van der Waals surface area (Å²) < 4.78 is 16.1. The van der Waals surface area contributed by atoms with E-state index < -0.39 is 0 Å². The van der Waals surface area contributed by atoms with Gasteiger partial charge >= 0.3 is 0 Å². The Kier molecular flexibility index (Phi) is 11.7. The quantitative estimate of drug-likeness (QED) is 0.226. The molecule has 0 aromatic heterocycles. The molecular formula is C21H37IN4O3. The van der Waals surface area contributed by atoms with E-state index in [1.54, 1.807) is 14.2 Å². The third-order valence-electron chi connectivity index (χ3n) is 5.16. The van der Waals surface area contributed by atoms with Gasteiger partial charge in [0, 0.05) is 38.8 Å². The maximum atomic E-state index is 5.46. The summed E-state index contributed by atoms with van der Waals surface area (Å²) in [5.74, 6) is 2.38. The molecule has 0 radical (unpaired) electrons. The van der Waals surface area contributed by atoms with Gasteiger partial charge in [-0.2, -0.15) is 0 Å². The first kappa shape index (κ1) is 25.8. The van der Waals surface area contributed by atoms with Crippen LogP contribution in [0.4, 0.5) is 0 Å². The van der Waals surface area contributed by atoms with Crippen molar-refractivity contribution in [2.75, 3.05) is 60.7 Å². The summed E-state index contributed by atoms with van der Waals surface area (Å²) in [4.78, 5) is 6.81. The van der Waals surface area contributed by atoms with Gasteiger partial charge in [0.05, 0.1) is 27.4 Å². The van der Waals surface area contributed by atoms with Crippen molar-refractivity contribution in [3.05, 3.63) is 23.8 Å². The molecule has 0 amide bonds. The Morgan fingerprint density at radius 2 is 1.83 bits per heavy atom. The number of aliphatic imine (C=N–C) groups is 1. The Bertz CT molecular complexity index is 634. The zero-order valence-corrected chi connectivity index (χ0v) is 20.7. The SMILES string of the molecule is CN=C(NCCCc1ccc(OC)c(OC)c1)NCC(C)(C)N1CCOCC1.I. The van der Waals surface area contributed by atoms with Gasteiger partial charge in [0.2, 0.25) is 0 Å². The Balaban J connectivity index is 0.00000420. The zero-order chi connectivity index (χ0) is 20.4. The molecular weight excluding hydrogens is 483 g/mol. The largest absolute Gasteiger partial charge is 0.493 e. The van der Waals surface area contributed by atoms with Crippen molar-refractivity contribution in [1.82, 2.24) is 15.5 Å². The number of guanidine groups is 1. The topological polar surface area (TPSA) is 67.4 Å². The van der Waals surface area contributed by atoms with E-state index >= 15 is 0 Å². The van der Waals surface area contributed by atoms with E-state index in [1.165, 1.54) is 5.56 Å². The van der Waals surface area contributed by atoms with Crippen molar-refractivity contribution in [2.24, 2.45) is 4.99 Å². The molecule has 1 heterocycles. The first-order valence-corrected chi connectivity index (χ1v) is 9.98. The summed E-state index contributed by atoms with van der Waals surface area (Å²) >= 11 is 0. The van der Waals surface area contributed by atoms with Gasteiger partial charge in [-0.1, -0.05) is 6.07 Å². The highest BCUT2D eigenvalue weighted by atomic mass is 127. The minimum absolute atomic E-state index is 0. The van der Waals surface area contributed by atoms with Crippen LogP contribution in [0.15, 0.2) is 23.2 Å². The Morgan fingerprint density at radius 3 is 2.45 bits per heavy atom. The highest BCUT2D eigenvalue weighted by Crippen LogP contribution is 2.27. The Labute approximate surface area is 192 Å². The van der Waals surface area contributed by atoms with Crippen LogP contribution in [0.1, 0.15) is 25.8 Å². The second kappa shape index (κ2) is 13.1. The number of ether oxygens (including phenoxy) is 3. The molecule has 0 atom stereocenters. The minimum Gasteiger partial charge on any atom is -0.493 e. The molecule has 0 aliphatic carbocycles. The molecule has 2 N–H and O–H groups in total. The van der Waals surface area contributed by atoms with Gasteiger partial charge in [-0.25, -0.2) is 0 Å². The molecule has 0 bridgehead atoms. The van der Waals surface area contributed by atoms with Gasteiger partial charge in [-0.05, 0) is 44.4 Å². The molecule has 1 aromatic carbocycles. The van der Waals surface area contributed by atoms with E-state index in [9.17, 15) is 0 Å². The van der Waals surface area contributed by atoms with Gasteiger partial charge in [0.15, 0.2) is 17.5 Å². The Morgan fingerprint density at radius 1 is 1.14 bits per heavy atom. The van der Waals surface area contributed by atoms with Crippen LogP contribution in [0.2, 0.25) is 0 Å². The van der Waals surface area contributed by atoms with Crippen LogP contribution >= 0.6 is 24.0 Å². The number of morpholine rings is 1. The average Bonchev–Trinajstić information content (AvgIpc) is 2.73. The number of nitrogens with zero attached hydrogens (tertiary/aromatic N) is 2. The van der Waals surface area contributed by atoms with E-state index in [-0.39, 0.29) is 29.5 Å².